The van der Waals surface area contributed by atoms with E-state index in [0.717, 1.165) is 24.1 Å². The van der Waals surface area contributed by atoms with E-state index in [9.17, 15) is 4.79 Å². The Morgan fingerprint density at radius 3 is 2.45 bits per heavy atom. The van der Waals surface area contributed by atoms with E-state index in [2.05, 4.69) is 17.0 Å². The average Bonchev–Trinajstić information content (AvgIpc) is 2.78. The highest BCUT2D eigenvalue weighted by atomic mass is 35.5. The van der Waals surface area contributed by atoms with Crippen LogP contribution < -0.4 is 10.2 Å². The molecular formula is C26H24ClNO3. The average molecular weight is 434 g/mol. The lowest BCUT2D eigenvalue weighted by molar-refractivity contribution is 0.179. The van der Waals surface area contributed by atoms with Gasteiger partial charge in [-0.3, -0.25) is 4.79 Å². The van der Waals surface area contributed by atoms with Gasteiger partial charge in [0.15, 0.2) is 0 Å². The second-order valence-corrected chi connectivity index (χ2v) is 8.19. The van der Waals surface area contributed by atoms with Crippen molar-refractivity contribution in [3.05, 3.63) is 99.9 Å². The van der Waals surface area contributed by atoms with E-state index in [1.54, 1.807) is 24.3 Å². The van der Waals surface area contributed by atoms with Crippen molar-refractivity contribution >= 4 is 22.6 Å². The molecule has 0 amide bonds. The molecule has 0 spiro atoms. The van der Waals surface area contributed by atoms with Crippen molar-refractivity contribution in [2.75, 3.05) is 20.6 Å². The van der Waals surface area contributed by atoms with Crippen molar-refractivity contribution < 1.29 is 9.15 Å². The summed E-state index contributed by atoms with van der Waals surface area (Å²) >= 11 is 5.98. The van der Waals surface area contributed by atoms with Crippen molar-refractivity contribution in [1.29, 1.82) is 0 Å². The van der Waals surface area contributed by atoms with Crippen LogP contribution >= 0.6 is 11.6 Å². The van der Waals surface area contributed by atoms with Gasteiger partial charge in [0.2, 0.25) is 5.43 Å². The molecule has 3 aromatic carbocycles. The van der Waals surface area contributed by atoms with Crippen LogP contribution in [0.2, 0.25) is 5.02 Å². The lowest BCUT2D eigenvalue weighted by atomic mass is 10.0. The van der Waals surface area contributed by atoms with Gasteiger partial charge in [-0.05, 0) is 55.6 Å². The Labute approximate surface area is 186 Å². The summed E-state index contributed by atoms with van der Waals surface area (Å²) in [5.74, 6) is 0.640. The minimum absolute atomic E-state index is 0.0985. The summed E-state index contributed by atoms with van der Waals surface area (Å²) in [5.41, 5.74) is 2.79. The Bertz CT molecular complexity index is 1220. The van der Waals surface area contributed by atoms with Gasteiger partial charge in [0.05, 0.1) is 10.9 Å². The van der Waals surface area contributed by atoms with Gasteiger partial charge in [-0.15, -0.1) is 0 Å². The molecule has 1 aromatic heterocycles. The molecule has 158 valence electrons. The van der Waals surface area contributed by atoms with Gasteiger partial charge in [-0.2, -0.15) is 0 Å². The van der Waals surface area contributed by atoms with Crippen LogP contribution in [-0.2, 0) is 0 Å². The molecule has 1 heterocycles. The SMILES string of the molecule is CN(C)CCC(Oc1ccc2occ(-c3ccc(Cl)cc3)c(=O)c2c1)c1ccccc1. The fourth-order valence-corrected chi connectivity index (χ4v) is 3.64. The number of hydrogen-bond acceptors (Lipinski definition) is 4. The zero-order chi connectivity index (χ0) is 21.8. The number of nitrogens with zero attached hydrogens (tertiary/aromatic N) is 1. The van der Waals surface area contributed by atoms with Crippen LogP contribution in [0.1, 0.15) is 18.1 Å². The number of hydrogen-bond donors (Lipinski definition) is 0. The summed E-state index contributed by atoms with van der Waals surface area (Å²) in [6.45, 7) is 0.885. The fraction of sp³-hybridized carbons (Fsp3) is 0.192. The first-order valence-electron chi connectivity index (χ1n) is 10.2. The molecule has 0 bridgehead atoms. The van der Waals surface area contributed by atoms with Crippen LogP contribution in [0.5, 0.6) is 5.75 Å². The highest BCUT2D eigenvalue weighted by Crippen LogP contribution is 2.28. The summed E-state index contributed by atoms with van der Waals surface area (Å²) < 4.78 is 12.1. The molecule has 0 aliphatic rings. The van der Waals surface area contributed by atoms with E-state index in [4.69, 9.17) is 20.8 Å². The lowest BCUT2D eigenvalue weighted by Crippen LogP contribution is -2.18. The maximum atomic E-state index is 13.2. The smallest absolute Gasteiger partial charge is 0.200 e. The first kappa shape index (κ1) is 21.2. The van der Waals surface area contributed by atoms with Crippen LogP contribution in [0.4, 0.5) is 0 Å². The molecule has 31 heavy (non-hydrogen) atoms. The summed E-state index contributed by atoms with van der Waals surface area (Å²) in [4.78, 5) is 15.3. The van der Waals surface area contributed by atoms with Gasteiger partial charge in [0.25, 0.3) is 0 Å². The molecule has 0 saturated carbocycles. The molecule has 0 N–H and O–H groups in total. The van der Waals surface area contributed by atoms with Crippen LogP contribution in [-0.4, -0.2) is 25.5 Å². The Hall–Kier alpha value is -3.08. The number of fused-ring (bicyclic) bond motifs is 1. The van der Waals surface area contributed by atoms with Gasteiger partial charge in [-0.25, -0.2) is 0 Å². The van der Waals surface area contributed by atoms with Crippen molar-refractivity contribution in [1.82, 2.24) is 4.90 Å². The summed E-state index contributed by atoms with van der Waals surface area (Å²) in [6, 6.07) is 22.7. The predicted molar refractivity (Wildman–Crippen MR) is 126 cm³/mol. The highest BCUT2D eigenvalue weighted by molar-refractivity contribution is 6.30. The maximum absolute atomic E-state index is 13.2. The summed E-state index contributed by atoms with van der Waals surface area (Å²) in [7, 11) is 4.09. The molecule has 1 unspecified atom stereocenters. The van der Waals surface area contributed by atoms with E-state index >= 15 is 0 Å². The van der Waals surface area contributed by atoms with Crippen molar-refractivity contribution in [2.24, 2.45) is 0 Å². The van der Waals surface area contributed by atoms with E-state index in [0.29, 0.717) is 27.3 Å². The second kappa shape index (κ2) is 9.38. The molecule has 0 fully saturated rings. The van der Waals surface area contributed by atoms with E-state index in [-0.39, 0.29) is 11.5 Å². The quantitative estimate of drug-likeness (QED) is 0.348. The molecule has 0 saturated heterocycles. The predicted octanol–water partition coefficient (Wildman–Crippen LogP) is 6.19. The number of halogens is 1. The molecule has 4 aromatic rings. The Morgan fingerprint density at radius 1 is 1.00 bits per heavy atom. The van der Waals surface area contributed by atoms with Crippen molar-refractivity contribution in [3.63, 3.8) is 0 Å². The number of benzene rings is 3. The molecule has 1 atom stereocenters. The lowest BCUT2D eigenvalue weighted by Gasteiger charge is -2.21. The normalized spacial score (nSPS) is 12.3. The molecule has 5 heteroatoms. The van der Waals surface area contributed by atoms with E-state index in [1.165, 1.54) is 6.26 Å². The number of rotatable bonds is 7. The van der Waals surface area contributed by atoms with Gasteiger partial charge in [0.1, 0.15) is 23.7 Å². The van der Waals surface area contributed by atoms with E-state index < -0.39 is 0 Å². The first-order chi connectivity index (χ1) is 15.0. The fourth-order valence-electron chi connectivity index (χ4n) is 3.51. The minimum Gasteiger partial charge on any atom is -0.486 e. The first-order valence-corrected chi connectivity index (χ1v) is 10.6. The largest absolute Gasteiger partial charge is 0.486 e. The summed E-state index contributed by atoms with van der Waals surface area (Å²) in [5, 5.41) is 1.11. The second-order valence-electron chi connectivity index (χ2n) is 7.75. The third-order valence-electron chi connectivity index (χ3n) is 5.19. The zero-order valence-corrected chi connectivity index (χ0v) is 18.3. The molecule has 0 aliphatic carbocycles. The topological polar surface area (TPSA) is 42.7 Å². The van der Waals surface area contributed by atoms with Crippen LogP contribution in [0.3, 0.4) is 0 Å². The van der Waals surface area contributed by atoms with Crippen molar-refractivity contribution in [2.45, 2.75) is 12.5 Å². The molecular weight excluding hydrogens is 410 g/mol. The highest BCUT2D eigenvalue weighted by Gasteiger charge is 2.16. The minimum atomic E-state index is -0.118. The third kappa shape index (κ3) is 4.98. The maximum Gasteiger partial charge on any atom is 0.200 e. The molecule has 4 rings (SSSR count). The Kier molecular flexibility index (Phi) is 6.40. The van der Waals surface area contributed by atoms with Crippen LogP contribution in [0.15, 0.2) is 88.3 Å². The molecule has 0 radical (unpaired) electrons. The van der Waals surface area contributed by atoms with Gasteiger partial charge >= 0.3 is 0 Å². The monoisotopic (exact) mass is 433 g/mol. The zero-order valence-electron chi connectivity index (χ0n) is 17.5. The molecule has 4 nitrogen and oxygen atoms in total. The third-order valence-corrected chi connectivity index (χ3v) is 5.44. The Balaban J connectivity index is 1.69. The van der Waals surface area contributed by atoms with Gasteiger partial charge in [0, 0.05) is 18.0 Å². The van der Waals surface area contributed by atoms with Gasteiger partial charge < -0.3 is 14.1 Å². The standard InChI is InChI=1S/C26H24ClNO3/c1-28(2)15-14-24(19-6-4-3-5-7-19)31-21-12-13-25-22(16-21)26(29)23(17-30-25)18-8-10-20(27)11-9-18/h3-13,16-17,24H,14-15H2,1-2H3. The van der Waals surface area contributed by atoms with Gasteiger partial charge in [-0.1, -0.05) is 54.1 Å². The number of ether oxygens (including phenoxy) is 1. The van der Waals surface area contributed by atoms with E-state index in [1.807, 2.05) is 50.5 Å². The molecule has 0 aliphatic heterocycles. The van der Waals surface area contributed by atoms with Crippen LogP contribution in [0, 0.1) is 0 Å². The van der Waals surface area contributed by atoms with Crippen molar-refractivity contribution in [3.8, 4) is 16.9 Å². The van der Waals surface area contributed by atoms with Crippen LogP contribution in [0.25, 0.3) is 22.1 Å². The summed E-state index contributed by atoms with van der Waals surface area (Å²) in [6.07, 6.45) is 2.21. The Morgan fingerprint density at radius 2 is 1.74 bits per heavy atom.